The van der Waals surface area contributed by atoms with Gasteiger partial charge in [-0.1, -0.05) is 11.8 Å². The molecule has 13 heteroatoms. The summed E-state index contributed by atoms with van der Waals surface area (Å²) in [5, 5.41) is 29.4. The van der Waals surface area contributed by atoms with Crippen molar-refractivity contribution >= 4 is 46.7 Å². The van der Waals surface area contributed by atoms with E-state index in [0.717, 1.165) is 24.9 Å². The Bertz CT molecular complexity index is 914. The molecule has 1 saturated heterocycles. The minimum absolute atomic E-state index is 0.0233. The predicted octanol–water partition coefficient (Wildman–Crippen LogP) is 1.31. The zero-order valence-electron chi connectivity index (χ0n) is 15.3. The smallest absolute Gasteiger partial charge is 0.323 e. The Kier molecular flexibility index (Phi) is 7.25. The monoisotopic (exact) mass is 424 g/mol. The number of nitrogens with one attached hydrogen (secondary N) is 1. The molecule has 2 rings (SSSR count). The summed E-state index contributed by atoms with van der Waals surface area (Å²) in [5.41, 5.74) is -0.448. The van der Waals surface area contributed by atoms with Gasteiger partial charge in [-0.2, -0.15) is 5.10 Å². The van der Waals surface area contributed by atoms with Crippen molar-refractivity contribution in [1.29, 1.82) is 0 Å². The maximum absolute atomic E-state index is 11.7. The molecule has 29 heavy (non-hydrogen) atoms. The molecular weight excluding hydrogens is 408 g/mol. The molecule has 2 N–H and O–H groups in total. The maximum Gasteiger partial charge on any atom is 0.323 e. The van der Waals surface area contributed by atoms with Gasteiger partial charge in [0.15, 0.2) is 10.9 Å². The Hall–Kier alpha value is -3.48. The van der Waals surface area contributed by atoms with Crippen LogP contribution in [-0.4, -0.2) is 51.1 Å². The first-order valence-corrected chi connectivity index (χ1v) is 9.03. The molecule has 1 amide bonds. The molecule has 0 saturated carbocycles. The van der Waals surface area contributed by atoms with E-state index < -0.39 is 33.7 Å². The minimum atomic E-state index is -1.13. The Morgan fingerprint density at radius 1 is 1.45 bits per heavy atom. The predicted molar refractivity (Wildman–Crippen MR) is 102 cm³/mol. The molecule has 1 heterocycles. The van der Waals surface area contributed by atoms with Crippen LogP contribution in [0, 0.1) is 10.1 Å². The first kappa shape index (κ1) is 21.8. The maximum atomic E-state index is 11.7. The van der Waals surface area contributed by atoms with Crippen LogP contribution in [0.15, 0.2) is 22.3 Å². The number of nitrogens with zero attached hydrogens (tertiary/aromatic N) is 3. The number of nitro groups is 1. The van der Waals surface area contributed by atoms with Crippen LogP contribution in [0.3, 0.4) is 0 Å². The van der Waals surface area contributed by atoms with E-state index in [2.05, 4.69) is 15.5 Å². The van der Waals surface area contributed by atoms with Crippen molar-refractivity contribution < 1.29 is 33.9 Å². The number of rotatable bonds is 8. The largest absolute Gasteiger partial charge is 0.485 e. The summed E-state index contributed by atoms with van der Waals surface area (Å²) in [6.45, 7) is 2.85. The molecule has 154 valence electrons. The van der Waals surface area contributed by atoms with E-state index in [1.165, 1.54) is 12.1 Å². The van der Waals surface area contributed by atoms with E-state index in [1.54, 1.807) is 6.92 Å². The summed E-state index contributed by atoms with van der Waals surface area (Å²) in [7, 11) is 0. The molecule has 0 aromatic heterocycles. The van der Waals surface area contributed by atoms with Gasteiger partial charge in [0.2, 0.25) is 11.7 Å². The number of carboxylic acid groups (broad SMARTS) is 1. The molecule has 0 radical (unpaired) electrons. The molecule has 1 aliphatic rings. The van der Waals surface area contributed by atoms with Crippen LogP contribution in [-0.2, 0) is 14.4 Å². The molecule has 1 atom stereocenters. The number of ether oxygens (including phenoxy) is 2. The molecule has 1 aromatic carbocycles. The standard InChI is InChI=1S/C16H16N4O8S/c1-3-27-14-10(28-8(2)21)5-4-9(13(14)20(25)26)7-17-19-16-18-15(24)11(29-16)6-12(22)23/h4-5,7,11H,3,6H2,1-2H3,(H,22,23)(H,18,19,24). The van der Waals surface area contributed by atoms with Crippen molar-refractivity contribution in [3.05, 3.63) is 27.8 Å². The van der Waals surface area contributed by atoms with Crippen molar-refractivity contribution in [2.75, 3.05) is 6.61 Å². The third-order valence-electron chi connectivity index (χ3n) is 3.33. The van der Waals surface area contributed by atoms with Crippen molar-refractivity contribution in [2.24, 2.45) is 10.2 Å². The van der Waals surface area contributed by atoms with Crippen LogP contribution >= 0.6 is 11.8 Å². The lowest BCUT2D eigenvalue weighted by molar-refractivity contribution is -0.386. The molecule has 12 nitrogen and oxygen atoms in total. The van der Waals surface area contributed by atoms with Crippen molar-refractivity contribution in [3.8, 4) is 11.5 Å². The second-order valence-electron chi connectivity index (χ2n) is 5.46. The molecular formula is C16H16N4O8S. The normalized spacial score (nSPS) is 17.4. The zero-order chi connectivity index (χ0) is 21.6. The highest BCUT2D eigenvalue weighted by molar-refractivity contribution is 8.15. The Balaban J connectivity index is 2.31. The van der Waals surface area contributed by atoms with Gasteiger partial charge in [0.25, 0.3) is 0 Å². The van der Waals surface area contributed by atoms with Gasteiger partial charge in [0, 0.05) is 6.92 Å². The first-order valence-electron chi connectivity index (χ1n) is 8.15. The fourth-order valence-corrected chi connectivity index (χ4v) is 3.18. The van der Waals surface area contributed by atoms with Crippen molar-refractivity contribution in [1.82, 2.24) is 5.32 Å². The number of aliphatic carboxylic acids is 1. The van der Waals surface area contributed by atoms with E-state index in [4.69, 9.17) is 14.6 Å². The Morgan fingerprint density at radius 2 is 2.17 bits per heavy atom. The number of thioether (sulfide) groups is 1. The number of carbonyl (C=O) groups excluding carboxylic acids is 2. The quantitative estimate of drug-likeness (QED) is 0.205. The Labute approximate surface area is 168 Å². The summed E-state index contributed by atoms with van der Waals surface area (Å²) in [6.07, 6.45) is 0.697. The average molecular weight is 424 g/mol. The SMILES string of the molecule is CCOc1c(OC(C)=O)ccc(C=NN=C2NC(=O)C(CC(=O)O)S2)c1[N+](=O)[O-]. The lowest BCUT2D eigenvalue weighted by atomic mass is 10.1. The number of carbonyl (C=O) groups is 3. The summed E-state index contributed by atoms with van der Waals surface area (Å²) < 4.78 is 10.2. The van der Waals surface area contributed by atoms with Gasteiger partial charge in [-0.05, 0) is 19.1 Å². The summed E-state index contributed by atoms with van der Waals surface area (Å²) in [5.74, 6) is -2.65. The highest BCUT2D eigenvalue weighted by atomic mass is 32.2. The van der Waals surface area contributed by atoms with Gasteiger partial charge in [0.05, 0.1) is 29.7 Å². The van der Waals surface area contributed by atoms with Gasteiger partial charge < -0.3 is 19.9 Å². The fraction of sp³-hybridized carbons (Fsp3) is 0.312. The molecule has 0 spiro atoms. The second kappa shape index (κ2) is 9.64. The Morgan fingerprint density at radius 3 is 2.76 bits per heavy atom. The van der Waals surface area contributed by atoms with Crippen LogP contribution in [0.1, 0.15) is 25.8 Å². The van der Waals surface area contributed by atoms with E-state index in [1.807, 2.05) is 0 Å². The minimum Gasteiger partial charge on any atom is -0.485 e. The van der Waals surface area contributed by atoms with E-state index in [0.29, 0.717) is 0 Å². The fourth-order valence-electron chi connectivity index (χ4n) is 2.27. The van der Waals surface area contributed by atoms with Gasteiger partial charge >= 0.3 is 17.6 Å². The van der Waals surface area contributed by atoms with E-state index in [-0.39, 0.29) is 35.3 Å². The highest BCUT2D eigenvalue weighted by Gasteiger charge is 2.32. The number of esters is 1. The van der Waals surface area contributed by atoms with Gasteiger partial charge in [-0.3, -0.25) is 24.5 Å². The van der Waals surface area contributed by atoms with E-state index >= 15 is 0 Å². The zero-order valence-corrected chi connectivity index (χ0v) is 16.1. The molecule has 1 fully saturated rings. The topological polar surface area (TPSA) is 170 Å². The lowest BCUT2D eigenvalue weighted by Gasteiger charge is -2.11. The second-order valence-corrected chi connectivity index (χ2v) is 6.65. The number of nitro benzene ring substituents is 1. The highest BCUT2D eigenvalue weighted by Crippen LogP contribution is 2.39. The van der Waals surface area contributed by atoms with Crippen LogP contribution < -0.4 is 14.8 Å². The van der Waals surface area contributed by atoms with Crippen molar-refractivity contribution in [3.63, 3.8) is 0 Å². The third kappa shape index (κ3) is 5.75. The number of hydrogen-bond donors (Lipinski definition) is 2. The number of hydrogen-bond acceptors (Lipinski definition) is 10. The number of amides is 1. The van der Waals surface area contributed by atoms with Crippen LogP contribution in [0.4, 0.5) is 5.69 Å². The molecule has 0 bridgehead atoms. The van der Waals surface area contributed by atoms with Crippen LogP contribution in [0.5, 0.6) is 11.5 Å². The van der Waals surface area contributed by atoms with Crippen LogP contribution in [0.25, 0.3) is 0 Å². The summed E-state index contributed by atoms with van der Waals surface area (Å²) in [4.78, 5) is 44.4. The molecule has 0 aliphatic carbocycles. The number of amidine groups is 1. The number of carboxylic acids is 1. The summed E-state index contributed by atoms with van der Waals surface area (Å²) >= 11 is 0.892. The van der Waals surface area contributed by atoms with Gasteiger partial charge in [0.1, 0.15) is 5.25 Å². The van der Waals surface area contributed by atoms with E-state index in [9.17, 15) is 24.5 Å². The van der Waals surface area contributed by atoms with Crippen molar-refractivity contribution in [2.45, 2.75) is 25.5 Å². The molecule has 1 aliphatic heterocycles. The summed E-state index contributed by atoms with van der Waals surface area (Å²) in [6, 6.07) is 2.62. The van der Waals surface area contributed by atoms with Crippen LogP contribution in [0.2, 0.25) is 0 Å². The number of benzene rings is 1. The lowest BCUT2D eigenvalue weighted by Crippen LogP contribution is -2.26. The van der Waals surface area contributed by atoms with Gasteiger partial charge in [-0.15, -0.1) is 5.10 Å². The van der Waals surface area contributed by atoms with Gasteiger partial charge in [-0.25, -0.2) is 0 Å². The molecule has 1 unspecified atom stereocenters. The molecule has 1 aromatic rings. The first-order chi connectivity index (χ1) is 13.7. The third-order valence-corrected chi connectivity index (χ3v) is 4.41. The average Bonchev–Trinajstić information content (AvgIpc) is 2.95.